The molecule has 0 atom stereocenters. The van der Waals surface area contributed by atoms with Crippen LogP contribution in [0, 0.1) is 0 Å². The number of fused-ring (bicyclic) bond motifs is 3. The summed E-state index contributed by atoms with van der Waals surface area (Å²) in [7, 11) is -2.01. The van der Waals surface area contributed by atoms with Crippen LogP contribution in [0.2, 0.25) is 0 Å². The lowest BCUT2D eigenvalue weighted by Crippen LogP contribution is -2.38. The Labute approximate surface area is 162 Å². The van der Waals surface area contributed by atoms with Gasteiger partial charge in [0.15, 0.2) is 0 Å². The highest BCUT2D eigenvalue weighted by Gasteiger charge is 2.22. The topological polar surface area (TPSA) is 18.5 Å². The third kappa shape index (κ3) is 3.63. The summed E-state index contributed by atoms with van der Waals surface area (Å²) in [6.07, 6.45) is 2.01. The summed E-state index contributed by atoms with van der Waals surface area (Å²) in [5.41, 5.74) is 0. The average molecular weight is 375 g/mol. The van der Waals surface area contributed by atoms with Crippen LogP contribution in [0.4, 0.5) is 0 Å². The molecule has 0 aliphatic rings. The minimum atomic E-state index is -2.01. The molecular formula is C24H26O2Si. The molecule has 3 heteroatoms. The Bertz CT molecular complexity index is 1060. The molecule has 0 spiro atoms. The maximum absolute atomic E-state index is 6.32. The first-order valence-electron chi connectivity index (χ1n) is 9.89. The van der Waals surface area contributed by atoms with Gasteiger partial charge in [-0.25, -0.2) is 0 Å². The van der Waals surface area contributed by atoms with Gasteiger partial charge in [0.2, 0.25) is 0 Å². The lowest BCUT2D eigenvalue weighted by Gasteiger charge is -2.21. The van der Waals surface area contributed by atoms with Crippen molar-refractivity contribution in [3.05, 3.63) is 66.7 Å². The molecule has 0 aliphatic heterocycles. The molecule has 0 aliphatic carbocycles. The van der Waals surface area contributed by atoms with E-state index < -0.39 is 9.28 Å². The quantitative estimate of drug-likeness (QED) is 0.317. The normalized spacial score (nSPS) is 11.8. The zero-order valence-electron chi connectivity index (χ0n) is 16.1. The summed E-state index contributed by atoms with van der Waals surface area (Å²) >= 11 is 0. The zero-order valence-corrected chi connectivity index (χ0v) is 17.2. The second-order valence-electron chi connectivity index (χ2n) is 7.01. The fraction of sp³-hybridized carbons (Fsp3) is 0.250. The van der Waals surface area contributed by atoms with Gasteiger partial charge in [0.1, 0.15) is 0 Å². The van der Waals surface area contributed by atoms with Gasteiger partial charge < -0.3 is 8.85 Å². The van der Waals surface area contributed by atoms with Crippen LogP contribution in [-0.4, -0.2) is 22.5 Å². The molecule has 138 valence electrons. The number of rotatable bonds is 7. The minimum absolute atomic E-state index is 0.749. The predicted octanol–water partition coefficient (Wildman–Crippen LogP) is 5.43. The third-order valence-corrected chi connectivity index (χ3v) is 7.12. The Kier molecular flexibility index (Phi) is 5.53. The molecular weight excluding hydrogens is 348 g/mol. The first-order valence-corrected chi connectivity index (χ1v) is 11.4. The van der Waals surface area contributed by atoms with Gasteiger partial charge in [-0.2, -0.15) is 0 Å². The molecule has 4 aromatic carbocycles. The number of hydrogen-bond donors (Lipinski definition) is 0. The molecule has 0 bridgehead atoms. The highest BCUT2D eigenvalue weighted by atomic mass is 28.3. The van der Waals surface area contributed by atoms with E-state index in [1.54, 1.807) is 0 Å². The summed E-state index contributed by atoms with van der Waals surface area (Å²) < 4.78 is 12.6. The van der Waals surface area contributed by atoms with E-state index in [0.717, 1.165) is 26.1 Å². The summed E-state index contributed by atoms with van der Waals surface area (Å²) in [4.78, 5) is 0. The van der Waals surface area contributed by atoms with Crippen molar-refractivity contribution in [2.24, 2.45) is 0 Å². The summed E-state index contributed by atoms with van der Waals surface area (Å²) in [5, 5.41) is 8.89. The SMILES string of the molecule is CCCO[SiH](OCCC)c1c2ccccc2cc2cc3ccccc3cc12. The van der Waals surface area contributed by atoms with Gasteiger partial charge in [-0.05, 0) is 63.4 Å². The van der Waals surface area contributed by atoms with Crippen molar-refractivity contribution in [1.29, 1.82) is 0 Å². The fourth-order valence-electron chi connectivity index (χ4n) is 3.71. The number of hydrogen-bond acceptors (Lipinski definition) is 2. The van der Waals surface area contributed by atoms with Gasteiger partial charge in [-0.15, -0.1) is 0 Å². The largest absolute Gasteiger partial charge is 0.393 e. The second-order valence-corrected chi connectivity index (χ2v) is 8.91. The van der Waals surface area contributed by atoms with Crippen LogP contribution in [-0.2, 0) is 8.85 Å². The van der Waals surface area contributed by atoms with Crippen molar-refractivity contribution >= 4 is 46.8 Å². The van der Waals surface area contributed by atoms with Crippen LogP contribution in [0.1, 0.15) is 26.7 Å². The van der Waals surface area contributed by atoms with E-state index in [1.165, 1.54) is 37.5 Å². The molecule has 4 aromatic rings. The van der Waals surface area contributed by atoms with Gasteiger partial charge in [0.05, 0.1) is 0 Å². The van der Waals surface area contributed by atoms with E-state index in [4.69, 9.17) is 8.85 Å². The van der Waals surface area contributed by atoms with Crippen molar-refractivity contribution in [2.45, 2.75) is 26.7 Å². The van der Waals surface area contributed by atoms with Crippen molar-refractivity contribution in [1.82, 2.24) is 0 Å². The summed E-state index contributed by atoms with van der Waals surface area (Å²) in [6, 6.07) is 24.1. The standard InChI is InChI=1S/C24H26O2Si/c1-3-13-25-27(26-14-4-2)24-22-12-8-7-11-20(22)16-21-15-18-9-5-6-10-19(18)17-23(21)24/h5-12,15-17,27H,3-4,13-14H2,1-2H3. The molecule has 4 rings (SSSR count). The van der Waals surface area contributed by atoms with Crippen LogP contribution >= 0.6 is 0 Å². The van der Waals surface area contributed by atoms with E-state index in [9.17, 15) is 0 Å². The third-order valence-electron chi connectivity index (χ3n) is 4.95. The molecule has 27 heavy (non-hydrogen) atoms. The monoisotopic (exact) mass is 374 g/mol. The fourth-order valence-corrected chi connectivity index (χ4v) is 6.06. The first-order chi connectivity index (χ1) is 13.3. The molecule has 0 saturated carbocycles. The molecule has 0 N–H and O–H groups in total. The summed E-state index contributed by atoms with van der Waals surface area (Å²) in [5.74, 6) is 0. The van der Waals surface area contributed by atoms with Crippen LogP contribution in [0.25, 0.3) is 32.3 Å². The lowest BCUT2D eigenvalue weighted by molar-refractivity contribution is 0.208. The Morgan fingerprint density at radius 1 is 0.630 bits per heavy atom. The molecule has 0 unspecified atom stereocenters. The molecule has 0 heterocycles. The Balaban J connectivity index is 2.01. The Hall–Kier alpha value is -2.20. The molecule has 0 radical (unpaired) electrons. The Morgan fingerprint density at radius 2 is 1.19 bits per heavy atom. The van der Waals surface area contributed by atoms with Gasteiger partial charge in [0.25, 0.3) is 0 Å². The van der Waals surface area contributed by atoms with E-state index in [0.29, 0.717) is 0 Å². The van der Waals surface area contributed by atoms with Crippen LogP contribution in [0.15, 0.2) is 66.7 Å². The van der Waals surface area contributed by atoms with Gasteiger partial charge in [0, 0.05) is 18.4 Å². The first kappa shape index (κ1) is 18.2. The predicted molar refractivity (Wildman–Crippen MR) is 118 cm³/mol. The maximum atomic E-state index is 6.32. The number of benzene rings is 4. The smallest absolute Gasteiger partial charge is 0.357 e. The van der Waals surface area contributed by atoms with Gasteiger partial charge in [-0.1, -0.05) is 62.4 Å². The van der Waals surface area contributed by atoms with E-state index in [1.807, 2.05) is 0 Å². The molecule has 0 fully saturated rings. The van der Waals surface area contributed by atoms with E-state index in [-0.39, 0.29) is 0 Å². The van der Waals surface area contributed by atoms with Crippen LogP contribution in [0.3, 0.4) is 0 Å². The van der Waals surface area contributed by atoms with Crippen molar-refractivity contribution in [2.75, 3.05) is 13.2 Å². The average Bonchev–Trinajstić information content (AvgIpc) is 2.71. The minimum Gasteiger partial charge on any atom is -0.393 e. The molecule has 2 nitrogen and oxygen atoms in total. The van der Waals surface area contributed by atoms with Gasteiger partial charge in [-0.3, -0.25) is 0 Å². The second kappa shape index (κ2) is 8.22. The van der Waals surface area contributed by atoms with Crippen molar-refractivity contribution in [3.8, 4) is 0 Å². The van der Waals surface area contributed by atoms with Crippen LogP contribution in [0.5, 0.6) is 0 Å². The van der Waals surface area contributed by atoms with Crippen molar-refractivity contribution in [3.63, 3.8) is 0 Å². The highest BCUT2D eigenvalue weighted by Crippen LogP contribution is 2.27. The zero-order chi connectivity index (χ0) is 18.6. The highest BCUT2D eigenvalue weighted by molar-refractivity contribution is 6.68. The Morgan fingerprint density at radius 3 is 1.85 bits per heavy atom. The maximum Gasteiger partial charge on any atom is 0.357 e. The summed E-state index contributed by atoms with van der Waals surface area (Å²) in [6.45, 7) is 5.80. The molecule has 0 amide bonds. The van der Waals surface area contributed by atoms with E-state index in [2.05, 4.69) is 80.6 Å². The molecule has 0 saturated heterocycles. The van der Waals surface area contributed by atoms with Crippen LogP contribution < -0.4 is 5.19 Å². The van der Waals surface area contributed by atoms with Crippen molar-refractivity contribution < 1.29 is 8.85 Å². The lowest BCUT2D eigenvalue weighted by atomic mass is 9.99. The molecule has 0 aromatic heterocycles. The van der Waals surface area contributed by atoms with Gasteiger partial charge >= 0.3 is 9.28 Å². The van der Waals surface area contributed by atoms with E-state index >= 15 is 0 Å².